The minimum Gasteiger partial charge on any atom is -0.492 e. The van der Waals surface area contributed by atoms with Crippen LogP contribution in [0.3, 0.4) is 0 Å². The van der Waals surface area contributed by atoms with Crippen molar-refractivity contribution in [2.75, 3.05) is 13.2 Å². The van der Waals surface area contributed by atoms with Gasteiger partial charge < -0.3 is 10.5 Å². The van der Waals surface area contributed by atoms with Crippen molar-refractivity contribution in [1.82, 2.24) is 4.98 Å². The third kappa shape index (κ3) is 3.20. The highest BCUT2D eigenvalue weighted by molar-refractivity contribution is 5.29. The molecule has 2 rings (SSSR count). The predicted molar refractivity (Wildman–Crippen MR) is 64.6 cm³/mol. The van der Waals surface area contributed by atoms with Crippen molar-refractivity contribution in [3.05, 3.63) is 23.5 Å². The highest BCUT2D eigenvalue weighted by Crippen LogP contribution is 2.32. The fraction of sp³-hybridized carbons (Fsp3) is 0.615. The molecule has 0 aromatic carbocycles. The molecule has 88 valence electrons. The largest absolute Gasteiger partial charge is 0.492 e. The van der Waals surface area contributed by atoms with E-state index < -0.39 is 0 Å². The van der Waals surface area contributed by atoms with Gasteiger partial charge in [0.1, 0.15) is 5.75 Å². The number of aromatic nitrogens is 1. The summed E-state index contributed by atoms with van der Waals surface area (Å²) in [5.41, 5.74) is 7.60. The average molecular weight is 220 g/mol. The Balaban J connectivity index is 1.93. The Morgan fingerprint density at radius 1 is 1.44 bits per heavy atom. The molecule has 0 bridgehead atoms. The van der Waals surface area contributed by atoms with Crippen LogP contribution in [0, 0.1) is 12.8 Å². The SMILES string of the molecule is Cc1ccc(OCCC2CC2)c(CCN)n1. The lowest BCUT2D eigenvalue weighted by Gasteiger charge is -2.10. The minimum atomic E-state index is 0.620. The van der Waals surface area contributed by atoms with Gasteiger partial charge in [-0.3, -0.25) is 4.98 Å². The second kappa shape index (κ2) is 5.30. The molecule has 2 N–H and O–H groups in total. The molecule has 1 aliphatic carbocycles. The van der Waals surface area contributed by atoms with Gasteiger partial charge in [0.25, 0.3) is 0 Å². The summed E-state index contributed by atoms with van der Waals surface area (Å²) >= 11 is 0. The van der Waals surface area contributed by atoms with Gasteiger partial charge in [0.05, 0.1) is 12.3 Å². The summed E-state index contributed by atoms with van der Waals surface area (Å²) in [6, 6.07) is 4.01. The zero-order valence-corrected chi connectivity index (χ0v) is 9.91. The van der Waals surface area contributed by atoms with E-state index in [4.69, 9.17) is 10.5 Å². The predicted octanol–water partition coefficient (Wildman–Crippen LogP) is 2.07. The third-order valence-electron chi connectivity index (χ3n) is 2.93. The van der Waals surface area contributed by atoms with Gasteiger partial charge in [-0.25, -0.2) is 0 Å². The van der Waals surface area contributed by atoms with Crippen molar-refractivity contribution in [3.8, 4) is 5.75 Å². The van der Waals surface area contributed by atoms with E-state index in [1.807, 2.05) is 19.1 Å². The van der Waals surface area contributed by atoms with Gasteiger partial charge in [0.15, 0.2) is 0 Å². The molecule has 1 heterocycles. The maximum absolute atomic E-state index is 5.78. The number of aryl methyl sites for hydroxylation is 1. The van der Waals surface area contributed by atoms with Crippen LogP contribution in [0.25, 0.3) is 0 Å². The van der Waals surface area contributed by atoms with E-state index in [1.165, 1.54) is 19.3 Å². The van der Waals surface area contributed by atoms with Crippen LogP contribution in [0.15, 0.2) is 12.1 Å². The summed E-state index contributed by atoms with van der Waals surface area (Å²) < 4.78 is 5.78. The number of hydrogen-bond acceptors (Lipinski definition) is 3. The Kier molecular flexibility index (Phi) is 3.78. The molecule has 0 radical (unpaired) electrons. The minimum absolute atomic E-state index is 0.620. The number of nitrogens with zero attached hydrogens (tertiary/aromatic N) is 1. The van der Waals surface area contributed by atoms with Crippen LogP contribution in [0.2, 0.25) is 0 Å². The first-order valence-electron chi connectivity index (χ1n) is 6.09. The molecule has 1 aromatic heterocycles. The van der Waals surface area contributed by atoms with Crippen molar-refractivity contribution in [3.63, 3.8) is 0 Å². The van der Waals surface area contributed by atoms with Crippen molar-refractivity contribution < 1.29 is 4.74 Å². The van der Waals surface area contributed by atoms with Crippen LogP contribution in [0.1, 0.15) is 30.7 Å². The molecule has 3 nitrogen and oxygen atoms in total. The first-order valence-corrected chi connectivity index (χ1v) is 6.09. The molecule has 0 atom stereocenters. The van der Waals surface area contributed by atoms with Gasteiger partial charge in [-0.15, -0.1) is 0 Å². The lowest BCUT2D eigenvalue weighted by molar-refractivity contribution is 0.298. The fourth-order valence-electron chi connectivity index (χ4n) is 1.79. The van der Waals surface area contributed by atoms with Crippen LogP contribution < -0.4 is 10.5 Å². The normalized spacial score (nSPS) is 15.1. The van der Waals surface area contributed by atoms with Crippen molar-refractivity contribution in [1.29, 1.82) is 0 Å². The molecule has 16 heavy (non-hydrogen) atoms. The smallest absolute Gasteiger partial charge is 0.140 e. The third-order valence-corrected chi connectivity index (χ3v) is 2.93. The molecular formula is C13H20N2O. The topological polar surface area (TPSA) is 48.1 Å². The van der Waals surface area contributed by atoms with E-state index in [9.17, 15) is 0 Å². The van der Waals surface area contributed by atoms with Gasteiger partial charge in [0, 0.05) is 12.1 Å². The Morgan fingerprint density at radius 3 is 2.94 bits per heavy atom. The zero-order valence-electron chi connectivity index (χ0n) is 9.91. The maximum Gasteiger partial charge on any atom is 0.140 e. The van der Waals surface area contributed by atoms with Crippen molar-refractivity contribution in [2.24, 2.45) is 11.7 Å². The van der Waals surface area contributed by atoms with Gasteiger partial charge >= 0.3 is 0 Å². The summed E-state index contributed by atoms with van der Waals surface area (Å²) in [4.78, 5) is 4.47. The van der Waals surface area contributed by atoms with Crippen molar-refractivity contribution in [2.45, 2.75) is 32.6 Å². The molecule has 0 unspecified atom stereocenters. The van der Waals surface area contributed by atoms with E-state index in [1.54, 1.807) is 0 Å². The van der Waals surface area contributed by atoms with Crippen LogP contribution in [0.4, 0.5) is 0 Å². The molecule has 0 aliphatic heterocycles. The highest BCUT2D eigenvalue weighted by atomic mass is 16.5. The quantitative estimate of drug-likeness (QED) is 0.798. The summed E-state index contributed by atoms with van der Waals surface area (Å²) in [7, 11) is 0. The van der Waals surface area contributed by atoms with Crippen LogP contribution in [0.5, 0.6) is 5.75 Å². The molecular weight excluding hydrogens is 200 g/mol. The fourth-order valence-corrected chi connectivity index (χ4v) is 1.79. The highest BCUT2D eigenvalue weighted by Gasteiger charge is 2.20. The number of ether oxygens (including phenoxy) is 1. The second-order valence-electron chi connectivity index (χ2n) is 4.52. The molecule has 1 aromatic rings. The van der Waals surface area contributed by atoms with Crippen molar-refractivity contribution >= 4 is 0 Å². The first kappa shape index (κ1) is 11.4. The number of rotatable bonds is 6. The number of pyridine rings is 1. The molecule has 1 aliphatic rings. The maximum atomic E-state index is 5.78. The second-order valence-corrected chi connectivity index (χ2v) is 4.52. The summed E-state index contributed by atoms with van der Waals surface area (Å²) in [6.07, 6.45) is 4.73. The van der Waals surface area contributed by atoms with Crippen LogP contribution in [-0.2, 0) is 6.42 Å². The van der Waals surface area contributed by atoms with E-state index in [0.29, 0.717) is 6.54 Å². The number of hydrogen-bond donors (Lipinski definition) is 1. The average Bonchev–Trinajstić information content (AvgIpc) is 3.06. The Labute approximate surface area is 97.0 Å². The Hall–Kier alpha value is -1.09. The van der Waals surface area contributed by atoms with Gasteiger partial charge in [-0.2, -0.15) is 0 Å². The monoisotopic (exact) mass is 220 g/mol. The summed E-state index contributed by atoms with van der Waals surface area (Å²) in [5, 5.41) is 0. The molecule has 1 saturated carbocycles. The van der Waals surface area contributed by atoms with Crippen LogP contribution >= 0.6 is 0 Å². The van der Waals surface area contributed by atoms with E-state index in [2.05, 4.69) is 4.98 Å². The van der Waals surface area contributed by atoms with E-state index >= 15 is 0 Å². The first-order chi connectivity index (χ1) is 7.79. The standard InChI is InChI=1S/C13H20N2O/c1-10-2-5-13(12(15-10)6-8-14)16-9-7-11-3-4-11/h2,5,11H,3-4,6-9,14H2,1H3. The molecule has 3 heteroatoms. The molecule has 0 saturated heterocycles. The lowest BCUT2D eigenvalue weighted by atomic mass is 10.2. The number of nitrogens with two attached hydrogens (primary N) is 1. The lowest BCUT2D eigenvalue weighted by Crippen LogP contribution is -2.08. The van der Waals surface area contributed by atoms with Gasteiger partial charge in [-0.1, -0.05) is 12.8 Å². The molecule has 0 amide bonds. The zero-order chi connectivity index (χ0) is 11.4. The summed E-state index contributed by atoms with van der Waals surface area (Å²) in [5.74, 6) is 1.83. The Morgan fingerprint density at radius 2 is 2.25 bits per heavy atom. The van der Waals surface area contributed by atoms with Crippen LogP contribution in [-0.4, -0.2) is 18.1 Å². The Bertz CT molecular complexity index is 348. The van der Waals surface area contributed by atoms with Gasteiger partial charge in [0.2, 0.25) is 0 Å². The van der Waals surface area contributed by atoms with E-state index in [0.717, 1.165) is 36.1 Å². The molecule has 1 fully saturated rings. The summed E-state index contributed by atoms with van der Waals surface area (Å²) in [6.45, 7) is 3.43. The van der Waals surface area contributed by atoms with Gasteiger partial charge in [-0.05, 0) is 37.9 Å². The molecule has 0 spiro atoms. The van der Waals surface area contributed by atoms with E-state index in [-0.39, 0.29) is 0 Å².